The van der Waals surface area contributed by atoms with Gasteiger partial charge in [0.25, 0.3) is 0 Å². The molecule has 1 aliphatic rings. The van der Waals surface area contributed by atoms with Crippen molar-refractivity contribution in [1.82, 2.24) is 19.2 Å². The smallest absolute Gasteiger partial charge is 0.246 e. The number of sulfonamides is 1. The molecule has 0 spiro atoms. The molecule has 2 heterocycles. The lowest BCUT2D eigenvalue weighted by Gasteiger charge is -2.35. The SMILES string of the molecule is Cl.Cn1ccnc1C1CNCCN1S(=O)(=O)c1c(Cl)cccc1Cl. The van der Waals surface area contributed by atoms with Crippen molar-refractivity contribution in [3.63, 3.8) is 0 Å². The van der Waals surface area contributed by atoms with Crippen molar-refractivity contribution in [2.75, 3.05) is 19.6 Å². The van der Waals surface area contributed by atoms with Gasteiger partial charge in [0.2, 0.25) is 10.0 Å². The molecule has 6 nitrogen and oxygen atoms in total. The maximum atomic E-state index is 13.1. The van der Waals surface area contributed by atoms with E-state index in [1.807, 2.05) is 11.6 Å². The van der Waals surface area contributed by atoms with Gasteiger partial charge in [0.1, 0.15) is 10.7 Å². The molecule has 1 saturated heterocycles. The van der Waals surface area contributed by atoms with Crippen LogP contribution in [0.1, 0.15) is 11.9 Å². The summed E-state index contributed by atoms with van der Waals surface area (Å²) < 4.78 is 29.5. The second-order valence-electron chi connectivity index (χ2n) is 5.28. The number of nitrogens with zero attached hydrogens (tertiary/aromatic N) is 3. The lowest BCUT2D eigenvalue weighted by molar-refractivity contribution is 0.258. The van der Waals surface area contributed by atoms with Crippen LogP contribution in [0.2, 0.25) is 10.0 Å². The van der Waals surface area contributed by atoms with Crippen molar-refractivity contribution >= 4 is 45.6 Å². The van der Waals surface area contributed by atoms with Gasteiger partial charge in [-0.25, -0.2) is 13.4 Å². The molecule has 1 aromatic heterocycles. The molecule has 0 bridgehead atoms. The van der Waals surface area contributed by atoms with Crippen LogP contribution in [0.5, 0.6) is 0 Å². The molecule has 1 aromatic carbocycles. The average molecular weight is 412 g/mol. The molecule has 0 radical (unpaired) electrons. The number of piperazine rings is 1. The maximum absolute atomic E-state index is 13.1. The van der Waals surface area contributed by atoms with Gasteiger partial charge in [-0.2, -0.15) is 4.31 Å². The number of aromatic nitrogens is 2. The Bertz CT molecular complexity index is 805. The Morgan fingerprint density at radius 2 is 1.96 bits per heavy atom. The van der Waals surface area contributed by atoms with Gasteiger partial charge in [-0.05, 0) is 12.1 Å². The van der Waals surface area contributed by atoms with E-state index in [0.29, 0.717) is 25.5 Å². The van der Waals surface area contributed by atoms with Crippen LogP contribution in [0, 0.1) is 0 Å². The van der Waals surface area contributed by atoms with E-state index in [9.17, 15) is 8.42 Å². The summed E-state index contributed by atoms with van der Waals surface area (Å²) in [5.74, 6) is 0.670. The molecule has 1 unspecified atom stereocenters. The van der Waals surface area contributed by atoms with E-state index in [1.165, 1.54) is 16.4 Å². The Hall–Kier alpha value is -0.830. The van der Waals surface area contributed by atoms with Crippen LogP contribution in [-0.2, 0) is 17.1 Å². The highest BCUT2D eigenvalue weighted by Crippen LogP contribution is 2.35. The van der Waals surface area contributed by atoms with Crippen molar-refractivity contribution < 1.29 is 8.42 Å². The Morgan fingerprint density at radius 3 is 2.54 bits per heavy atom. The van der Waals surface area contributed by atoms with Gasteiger partial charge in [-0.15, -0.1) is 12.4 Å². The molecular weight excluding hydrogens is 395 g/mol. The number of aryl methyl sites for hydroxylation is 1. The van der Waals surface area contributed by atoms with Crippen molar-refractivity contribution in [1.29, 1.82) is 0 Å². The van der Waals surface area contributed by atoms with Crippen LogP contribution in [0.4, 0.5) is 0 Å². The zero-order chi connectivity index (χ0) is 16.6. The molecule has 1 atom stereocenters. The van der Waals surface area contributed by atoms with Gasteiger partial charge >= 0.3 is 0 Å². The minimum Gasteiger partial charge on any atom is -0.337 e. The Labute approximate surface area is 157 Å². The molecule has 0 saturated carbocycles. The van der Waals surface area contributed by atoms with Gasteiger partial charge in [0.15, 0.2) is 0 Å². The maximum Gasteiger partial charge on any atom is 0.246 e. The third-order valence-corrected chi connectivity index (χ3v) is 6.70. The third-order valence-electron chi connectivity index (χ3n) is 3.84. The first-order valence-corrected chi connectivity index (χ1v) is 9.26. The van der Waals surface area contributed by atoms with Crippen LogP contribution < -0.4 is 5.32 Å². The highest BCUT2D eigenvalue weighted by atomic mass is 35.5. The van der Waals surface area contributed by atoms with E-state index < -0.39 is 16.1 Å². The van der Waals surface area contributed by atoms with Crippen molar-refractivity contribution in [3.05, 3.63) is 46.5 Å². The first-order valence-electron chi connectivity index (χ1n) is 7.06. The molecule has 10 heteroatoms. The van der Waals surface area contributed by atoms with Crippen molar-refractivity contribution in [2.24, 2.45) is 7.05 Å². The zero-order valence-corrected chi connectivity index (χ0v) is 16.0. The van der Waals surface area contributed by atoms with Crippen LogP contribution >= 0.6 is 35.6 Å². The summed E-state index contributed by atoms with van der Waals surface area (Å²) >= 11 is 12.2. The highest BCUT2D eigenvalue weighted by Gasteiger charge is 2.38. The first kappa shape index (κ1) is 19.5. The first-order chi connectivity index (χ1) is 10.9. The lowest BCUT2D eigenvalue weighted by Crippen LogP contribution is -2.49. The molecule has 1 fully saturated rings. The van der Waals surface area contributed by atoms with Gasteiger partial charge in [-0.3, -0.25) is 0 Å². The van der Waals surface area contributed by atoms with E-state index >= 15 is 0 Å². The molecular formula is C14H17Cl3N4O2S. The molecule has 3 rings (SSSR count). The predicted molar refractivity (Wildman–Crippen MR) is 96.4 cm³/mol. The molecule has 1 N–H and O–H groups in total. The number of rotatable bonds is 3. The largest absolute Gasteiger partial charge is 0.337 e. The summed E-state index contributed by atoms with van der Waals surface area (Å²) in [7, 11) is -2.00. The number of halogens is 3. The Balaban J connectivity index is 0.00000208. The topological polar surface area (TPSA) is 67.2 Å². The fraction of sp³-hybridized carbons (Fsp3) is 0.357. The second-order valence-corrected chi connectivity index (χ2v) is 7.92. The van der Waals surface area contributed by atoms with Crippen LogP contribution in [0.15, 0.2) is 35.5 Å². The molecule has 24 heavy (non-hydrogen) atoms. The summed E-state index contributed by atoms with van der Waals surface area (Å²) in [6, 6.07) is 4.26. The zero-order valence-electron chi connectivity index (χ0n) is 12.8. The normalized spacial score (nSPS) is 19.0. The van der Waals surface area contributed by atoms with E-state index in [1.54, 1.807) is 18.5 Å². The Morgan fingerprint density at radius 1 is 1.29 bits per heavy atom. The average Bonchev–Trinajstić information content (AvgIpc) is 2.93. The predicted octanol–water partition coefficient (Wildman–Crippen LogP) is 2.48. The van der Waals surface area contributed by atoms with Gasteiger partial charge < -0.3 is 9.88 Å². The van der Waals surface area contributed by atoms with Crippen LogP contribution in [-0.4, -0.2) is 41.9 Å². The van der Waals surface area contributed by atoms with Gasteiger partial charge in [0.05, 0.1) is 16.1 Å². The molecule has 0 aliphatic carbocycles. The monoisotopic (exact) mass is 410 g/mol. The van der Waals surface area contributed by atoms with E-state index in [-0.39, 0.29) is 27.3 Å². The fourth-order valence-corrected chi connectivity index (χ4v) is 5.42. The summed E-state index contributed by atoms with van der Waals surface area (Å²) in [6.45, 7) is 1.36. The van der Waals surface area contributed by atoms with Gasteiger partial charge in [-0.1, -0.05) is 29.3 Å². The van der Waals surface area contributed by atoms with E-state index in [4.69, 9.17) is 23.2 Å². The summed E-state index contributed by atoms with van der Waals surface area (Å²) in [6.07, 6.45) is 3.44. The molecule has 1 aliphatic heterocycles. The number of benzene rings is 1. The molecule has 0 amide bonds. The number of hydrogen-bond acceptors (Lipinski definition) is 4. The second kappa shape index (κ2) is 7.59. The number of nitrogens with one attached hydrogen (secondary N) is 1. The van der Waals surface area contributed by atoms with Crippen molar-refractivity contribution in [2.45, 2.75) is 10.9 Å². The van der Waals surface area contributed by atoms with Crippen molar-refractivity contribution in [3.8, 4) is 0 Å². The minimum absolute atomic E-state index is 0. The number of hydrogen-bond donors (Lipinski definition) is 1. The quantitative estimate of drug-likeness (QED) is 0.842. The Kier molecular flexibility index (Phi) is 6.17. The summed E-state index contributed by atoms with van der Waals surface area (Å²) in [5.41, 5.74) is 0. The highest BCUT2D eigenvalue weighted by molar-refractivity contribution is 7.89. The standard InChI is InChI=1S/C14H16Cl2N4O2S.ClH/c1-19-7-6-18-14(19)12-9-17-5-8-20(12)23(21,22)13-10(15)3-2-4-11(13)16;/h2-4,6-7,12,17H,5,8-9H2,1H3;1H. The lowest BCUT2D eigenvalue weighted by atomic mass is 10.2. The van der Waals surface area contributed by atoms with Crippen LogP contribution in [0.3, 0.4) is 0 Å². The minimum atomic E-state index is -3.84. The fourth-order valence-electron chi connectivity index (χ4n) is 2.74. The van der Waals surface area contributed by atoms with E-state index in [2.05, 4.69) is 10.3 Å². The molecule has 132 valence electrons. The third kappa shape index (κ3) is 3.42. The number of imidazole rings is 1. The van der Waals surface area contributed by atoms with Gasteiger partial charge in [0, 0.05) is 39.1 Å². The molecule has 2 aromatic rings. The summed E-state index contributed by atoms with van der Waals surface area (Å²) in [5, 5.41) is 3.45. The van der Waals surface area contributed by atoms with Crippen LogP contribution in [0.25, 0.3) is 0 Å². The summed E-state index contributed by atoms with van der Waals surface area (Å²) in [4.78, 5) is 4.24. The van der Waals surface area contributed by atoms with E-state index in [0.717, 1.165) is 0 Å².